The summed E-state index contributed by atoms with van der Waals surface area (Å²) in [4.78, 5) is 22.8. The van der Waals surface area contributed by atoms with Crippen molar-refractivity contribution in [1.82, 2.24) is 9.78 Å². The Morgan fingerprint density at radius 2 is 2.11 bits per heavy atom. The lowest BCUT2D eigenvalue weighted by atomic mass is 10.4. The van der Waals surface area contributed by atoms with Gasteiger partial charge in [0, 0.05) is 16.7 Å². The number of nitrogens with zero attached hydrogens (tertiary/aromatic N) is 2. The van der Waals surface area contributed by atoms with Gasteiger partial charge in [-0.05, 0) is 6.92 Å². The number of halogens is 1. The highest BCUT2D eigenvalue weighted by Crippen LogP contribution is 2.15. The normalized spacial score (nSPS) is 11.1. The number of hydrogen-bond acceptors (Lipinski definition) is 7. The fraction of sp³-hybridized carbons (Fsp3) is 0.444. The highest BCUT2D eigenvalue weighted by atomic mass is 35.7. The maximum absolute atomic E-state index is 11.4. The molecular formula is C9H11ClN2O6S. The number of ether oxygens (including phenoxy) is 2. The Morgan fingerprint density at radius 3 is 2.58 bits per heavy atom. The average Bonchev–Trinajstić information content (AvgIpc) is 2.72. The van der Waals surface area contributed by atoms with Crippen molar-refractivity contribution in [2.75, 3.05) is 13.7 Å². The molecule has 0 radical (unpaired) electrons. The predicted molar refractivity (Wildman–Crippen MR) is 63.2 cm³/mol. The van der Waals surface area contributed by atoms with Crippen molar-refractivity contribution in [2.45, 2.75) is 18.5 Å². The largest absolute Gasteiger partial charge is 0.465 e. The first-order valence-electron chi connectivity index (χ1n) is 5.06. The molecule has 1 heterocycles. The minimum Gasteiger partial charge on any atom is -0.465 e. The summed E-state index contributed by atoms with van der Waals surface area (Å²) in [5.41, 5.74) is -0.213. The molecule has 0 aliphatic rings. The van der Waals surface area contributed by atoms with Crippen molar-refractivity contribution in [3.63, 3.8) is 0 Å². The third-order valence-electron chi connectivity index (χ3n) is 1.99. The van der Waals surface area contributed by atoms with Crippen molar-refractivity contribution >= 4 is 31.7 Å². The Morgan fingerprint density at radius 1 is 1.47 bits per heavy atom. The Bertz CT molecular complexity index is 594. The van der Waals surface area contributed by atoms with Gasteiger partial charge in [-0.15, -0.1) is 0 Å². The number of hydrogen-bond donors (Lipinski definition) is 0. The quantitative estimate of drug-likeness (QED) is 0.563. The summed E-state index contributed by atoms with van der Waals surface area (Å²) >= 11 is 0. The second-order valence-electron chi connectivity index (χ2n) is 3.26. The van der Waals surface area contributed by atoms with Gasteiger partial charge in [-0.25, -0.2) is 17.9 Å². The lowest BCUT2D eigenvalue weighted by Gasteiger charge is -2.05. The Hall–Kier alpha value is -1.61. The first kappa shape index (κ1) is 15.4. The maximum atomic E-state index is 11.4. The van der Waals surface area contributed by atoms with Crippen molar-refractivity contribution in [3.05, 3.63) is 11.8 Å². The zero-order valence-electron chi connectivity index (χ0n) is 10.1. The van der Waals surface area contributed by atoms with E-state index in [9.17, 15) is 18.0 Å². The van der Waals surface area contributed by atoms with Crippen LogP contribution in [0.25, 0.3) is 0 Å². The fourth-order valence-corrected chi connectivity index (χ4v) is 1.91. The van der Waals surface area contributed by atoms with Gasteiger partial charge < -0.3 is 9.47 Å². The summed E-state index contributed by atoms with van der Waals surface area (Å²) < 4.78 is 32.3. The molecule has 1 aromatic heterocycles. The van der Waals surface area contributed by atoms with Crippen molar-refractivity contribution in [3.8, 4) is 0 Å². The van der Waals surface area contributed by atoms with Crippen LogP contribution in [0.4, 0.5) is 0 Å². The van der Waals surface area contributed by atoms with Crippen LogP contribution in [0.5, 0.6) is 0 Å². The molecule has 0 aliphatic heterocycles. The molecule has 0 atom stereocenters. The van der Waals surface area contributed by atoms with Crippen LogP contribution in [0.3, 0.4) is 0 Å². The van der Waals surface area contributed by atoms with Gasteiger partial charge in [0.25, 0.3) is 9.05 Å². The van der Waals surface area contributed by atoms with Gasteiger partial charge in [0.2, 0.25) is 0 Å². The van der Waals surface area contributed by atoms with Gasteiger partial charge in [-0.1, -0.05) is 0 Å². The average molecular weight is 311 g/mol. The van der Waals surface area contributed by atoms with E-state index in [2.05, 4.69) is 14.6 Å². The summed E-state index contributed by atoms with van der Waals surface area (Å²) in [5, 5.41) is 3.03. The molecule has 0 unspecified atom stereocenters. The molecule has 0 fully saturated rings. The van der Waals surface area contributed by atoms with Crippen molar-refractivity contribution in [2.24, 2.45) is 0 Å². The van der Waals surface area contributed by atoms with E-state index in [0.29, 0.717) is 0 Å². The molecule has 106 valence electrons. The Kier molecular flexibility index (Phi) is 4.90. The molecule has 1 aromatic rings. The highest BCUT2D eigenvalue weighted by molar-refractivity contribution is 8.13. The lowest BCUT2D eigenvalue weighted by molar-refractivity contribution is -0.144. The van der Waals surface area contributed by atoms with E-state index in [1.54, 1.807) is 6.92 Å². The number of methoxy groups -OCH3 is 1. The van der Waals surface area contributed by atoms with E-state index < -0.39 is 32.6 Å². The molecule has 0 saturated heterocycles. The molecule has 0 amide bonds. The first-order chi connectivity index (χ1) is 8.79. The van der Waals surface area contributed by atoms with Crippen LogP contribution < -0.4 is 0 Å². The Balaban J connectivity index is 3.17. The van der Waals surface area contributed by atoms with Crippen LogP contribution in [0, 0.1) is 0 Å². The molecule has 0 N–H and O–H groups in total. The second kappa shape index (κ2) is 6.02. The first-order valence-corrected chi connectivity index (χ1v) is 7.37. The second-order valence-corrected chi connectivity index (χ2v) is 5.77. The van der Waals surface area contributed by atoms with Gasteiger partial charge >= 0.3 is 11.9 Å². The molecule has 0 aromatic carbocycles. The van der Waals surface area contributed by atoms with Gasteiger partial charge in [-0.3, -0.25) is 4.79 Å². The van der Waals surface area contributed by atoms with Gasteiger partial charge in [0.05, 0.1) is 13.7 Å². The molecule has 0 aliphatic carbocycles. The molecule has 1 rings (SSSR count). The minimum absolute atomic E-state index is 0.147. The number of carbonyl (C=O) groups excluding carboxylic acids is 2. The molecular weight excluding hydrogens is 300 g/mol. The standard InChI is InChI=1S/C9H11ClN2O6S/c1-3-18-8(13)5-12-6(9(14)17-2)4-7(11-12)19(10,15)16/h4H,3,5H2,1-2H3. The van der Waals surface area contributed by atoms with E-state index in [-0.39, 0.29) is 12.3 Å². The monoisotopic (exact) mass is 310 g/mol. The zero-order valence-corrected chi connectivity index (χ0v) is 11.7. The molecule has 8 nitrogen and oxygen atoms in total. The van der Waals surface area contributed by atoms with E-state index in [1.165, 1.54) is 0 Å². The minimum atomic E-state index is -4.11. The smallest absolute Gasteiger partial charge is 0.356 e. The molecule has 0 bridgehead atoms. The maximum Gasteiger partial charge on any atom is 0.356 e. The van der Waals surface area contributed by atoms with E-state index >= 15 is 0 Å². The number of rotatable bonds is 5. The van der Waals surface area contributed by atoms with Crippen LogP contribution in [-0.4, -0.2) is 43.9 Å². The van der Waals surface area contributed by atoms with E-state index in [4.69, 9.17) is 10.7 Å². The molecule has 0 saturated carbocycles. The molecule has 19 heavy (non-hydrogen) atoms. The number of aromatic nitrogens is 2. The van der Waals surface area contributed by atoms with Crippen molar-refractivity contribution in [1.29, 1.82) is 0 Å². The van der Waals surface area contributed by atoms with Crippen LogP contribution in [0.1, 0.15) is 17.4 Å². The number of esters is 2. The lowest BCUT2D eigenvalue weighted by Crippen LogP contribution is -2.19. The highest BCUT2D eigenvalue weighted by Gasteiger charge is 2.23. The third-order valence-corrected chi connectivity index (χ3v) is 3.16. The van der Waals surface area contributed by atoms with E-state index in [0.717, 1.165) is 17.9 Å². The molecule has 10 heteroatoms. The van der Waals surface area contributed by atoms with Gasteiger partial charge in [0.1, 0.15) is 12.2 Å². The van der Waals surface area contributed by atoms with E-state index in [1.807, 2.05) is 0 Å². The zero-order chi connectivity index (χ0) is 14.6. The fourth-order valence-electron chi connectivity index (χ4n) is 1.23. The topological polar surface area (TPSA) is 105 Å². The van der Waals surface area contributed by atoms with Gasteiger partial charge in [-0.2, -0.15) is 5.10 Å². The molecule has 0 spiro atoms. The predicted octanol–water partition coefficient (Wildman–Crippen LogP) is 0.160. The van der Waals surface area contributed by atoms with Crippen molar-refractivity contribution < 1.29 is 27.5 Å². The summed E-state index contributed by atoms with van der Waals surface area (Å²) in [6.07, 6.45) is 0. The SMILES string of the molecule is CCOC(=O)Cn1nc(S(=O)(=O)Cl)cc1C(=O)OC. The summed E-state index contributed by atoms with van der Waals surface area (Å²) in [6, 6.07) is 0.924. The Labute approximate surface area is 113 Å². The number of carbonyl (C=O) groups is 2. The van der Waals surface area contributed by atoms with Crippen LogP contribution in [0.2, 0.25) is 0 Å². The van der Waals surface area contributed by atoms with Crippen LogP contribution in [0.15, 0.2) is 11.1 Å². The summed E-state index contributed by atoms with van der Waals surface area (Å²) in [5.74, 6) is -1.52. The van der Waals surface area contributed by atoms with Crippen LogP contribution in [-0.2, 0) is 29.9 Å². The van der Waals surface area contributed by atoms with Crippen LogP contribution >= 0.6 is 10.7 Å². The third kappa shape index (κ3) is 3.93. The summed E-state index contributed by atoms with van der Waals surface area (Å²) in [7, 11) is 2.11. The summed E-state index contributed by atoms with van der Waals surface area (Å²) in [6.45, 7) is 1.33. The van der Waals surface area contributed by atoms with Gasteiger partial charge in [0.15, 0.2) is 5.03 Å².